The maximum atomic E-state index is 12.7. The molecule has 0 aromatic carbocycles. The molecule has 0 saturated heterocycles. The second-order valence-electron chi connectivity index (χ2n) is 2.94. The first-order chi connectivity index (χ1) is 7.58. The van der Waals surface area contributed by atoms with E-state index in [1.807, 2.05) is 0 Å². The number of H-pyrrole nitrogens is 1. The highest BCUT2D eigenvalue weighted by Crippen LogP contribution is 2.03. The van der Waals surface area contributed by atoms with Crippen molar-refractivity contribution in [2.45, 2.75) is 0 Å². The Morgan fingerprint density at radius 2 is 2.12 bits per heavy atom. The minimum atomic E-state index is -0.908. The highest BCUT2D eigenvalue weighted by atomic mass is 79.9. The molecule has 0 atom stereocenters. The largest absolute Gasteiger partial charge is 0.304 e. The van der Waals surface area contributed by atoms with Gasteiger partial charge in [0, 0.05) is 10.5 Å². The Balaban J connectivity index is 2.64. The highest BCUT2D eigenvalue weighted by molar-refractivity contribution is 9.10. The fourth-order valence-electron chi connectivity index (χ4n) is 1.14. The van der Waals surface area contributed by atoms with Crippen molar-refractivity contribution in [3.05, 3.63) is 55.4 Å². The van der Waals surface area contributed by atoms with Crippen LogP contribution in [0.4, 0.5) is 4.39 Å². The second-order valence-corrected chi connectivity index (χ2v) is 3.86. The molecule has 2 aromatic heterocycles. The third-order valence-electron chi connectivity index (χ3n) is 1.84. The molecule has 82 valence electrons. The lowest BCUT2D eigenvalue weighted by atomic mass is 10.4. The third-order valence-corrected chi connectivity index (χ3v) is 2.27. The van der Waals surface area contributed by atoms with Crippen LogP contribution in [-0.2, 0) is 0 Å². The summed E-state index contributed by atoms with van der Waals surface area (Å²) in [5.74, 6) is -0.794. The van der Waals surface area contributed by atoms with Crippen molar-refractivity contribution >= 4 is 15.9 Å². The first-order valence-electron chi connectivity index (χ1n) is 4.22. The van der Waals surface area contributed by atoms with Crippen molar-refractivity contribution in [3.8, 4) is 5.82 Å². The number of pyridine rings is 1. The average Bonchev–Trinajstić information content (AvgIpc) is 2.22. The molecule has 2 heterocycles. The van der Waals surface area contributed by atoms with Crippen LogP contribution in [0.3, 0.4) is 0 Å². The van der Waals surface area contributed by atoms with E-state index in [0.29, 0.717) is 4.47 Å². The standard InChI is InChI=1S/C9H5BrFN3O2/c10-5-3-8(15)14(12-4-5)7-2-1-6(11)9(16)13-7/h1-4H,(H,13,16). The van der Waals surface area contributed by atoms with E-state index < -0.39 is 16.9 Å². The molecule has 7 heteroatoms. The van der Waals surface area contributed by atoms with Gasteiger partial charge < -0.3 is 4.98 Å². The van der Waals surface area contributed by atoms with Crippen molar-refractivity contribution < 1.29 is 4.39 Å². The van der Waals surface area contributed by atoms with E-state index in [1.54, 1.807) is 0 Å². The van der Waals surface area contributed by atoms with Gasteiger partial charge >= 0.3 is 0 Å². The first kappa shape index (κ1) is 10.7. The van der Waals surface area contributed by atoms with Crippen molar-refractivity contribution in [3.63, 3.8) is 0 Å². The maximum absolute atomic E-state index is 12.7. The second kappa shape index (κ2) is 4.01. The molecule has 0 unspecified atom stereocenters. The van der Waals surface area contributed by atoms with Gasteiger partial charge in [-0.1, -0.05) is 0 Å². The Morgan fingerprint density at radius 1 is 1.38 bits per heavy atom. The average molecular weight is 286 g/mol. The molecule has 0 aliphatic carbocycles. The van der Waals surface area contributed by atoms with Crippen LogP contribution in [0.25, 0.3) is 5.82 Å². The van der Waals surface area contributed by atoms with Gasteiger partial charge in [0.15, 0.2) is 5.82 Å². The van der Waals surface area contributed by atoms with Crippen LogP contribution in [-0.4, -0.2) is 14.8 Å². The van der Waals surface area contributed by atoms with E-state index in [1.165, 1.54) is 18.3 Å². The maximum Gasteiger partial charge on any atom is 0.285 e. The highest BCUT2D eigenvalue weighted by Gasteiger charge is 2.04. The summed E-state index contributed by atoms with van der Waals surface area (Å²) in [6.45, 7) is 0. The zero-order chi connectivity index (χ0) is 11.7. The van der Waals surface area contributed by atoms with Crippen LogP contribution in [0.1, 0.15) is 0 Å². The van der Waals surface area contributed by atoms with E-state index in [-0.39, 0.29) is 5.82 Å². The van der Waals surface area contributed by atoms with Gasteiger partial charge in [-0.05, 0) is 28.1 Å². The summed E-state index contributed by atoms with van der Waals surface area (Å²) in [5.41, 5.74) is -1.33. The number of rotatable bonds is 1. The minimum absolute atomic E-state index is 0.115. The molecule has 0 bridgehead atoms. The van der Waals surface area contributed by atoms with Crippen LogP contribution in [0.15, 0.2) is 38.5 Å². The summed E-state index contributed by atoms with van der Waals surface area (Å²) in [7, 11) is 0. The molecule has 2 aromatic rings. The molecule has 16 heavy (non-hydrogen) atoms. The Bertz CT molecular complexity index is 650. The van der Waals surface area contributed by atoms with Gasteiger partial charge in [-0.2, -0.15) is 9.78 Å². The van der Waals surface area contributed by atoms with Gasteiger partial charge in [0.1, 0.15) is 5.82 Å². The molecule has 5 nitrogen and oxygen atoms in total. The predicted octanol–water partition coefficient (Wildman–Crippen LogP) is 0.822. The van der Waals surface area contributed by atoms with Crippen LogP contribution < -0.4 is 11.1 Å². The monoisotopic (exact) mass is 285 g/mol. The number of hydrogen-bond donors (Lipinski definition) is 1. The number of nitrogens with zero attached hydrogens (tertiary/aromatic N) is 2. The van der Waals surface area contributed by atoms with Crippen LogP contribution in [0.2, 0.25) is 0 Å². The van der Waals surface area contributed by atoms with Crippen molar-refractivity contribution in [2.24, 2.45) is 0 Å². The molecule has 0 aliphatic rings. The molecule has 0 radical (unpaired) electrons. The number of halogens is 2. The first-order valence-corrected chi connectivity index (χ1v) is 5.01. The van der Waals surface area contributed by atoms with E-state index in [0.717, 1.165) is 10.7 Å². The van der Waals surface area contributed by atoms with E-state index >= 15 is 0 Å². The number of aromatic nitrogens is 3. The van der Waals surface area contributed by atoms with Gasteiger partial charge in [-0.25, -0.2) is 4.39 Å². The smallest absolute Gasteiger partial charge is 0.285 e. The lowest BCUT2D eigenvalue weighted by Gasteiger charge is -2.02. The van der Waals surface area contributed by atoms with E-state index in [4.69, 9.17) is 0 Å². The summed E-state index contributed by atoms with van der Waals surface area (Å²) in [5, 5.41) is 3.78. The zero-order valence-electron chi connectivity index (χ0n) is 7.78. The quantitative estimate of drug-likeness (QED) is 0.844. The molecular formula is C9H5BrFN3O2. The molecule has 0 aliphatic heterocycles. The summed E-state index contributed by atoms with van der Waals surface area (Å²) in [6.07, 6.45) is 1.39. The summed E-state index contributed by atoms with van der Waals surface area (Å²) in [4.78, 5) is 24.7. The topological polar surface area (TPSA) is 67.8 Å². The lowest BCUT2D eigenvalue weighted by Crippen LogP contribution is -2.24. The van der Waals surface area contributed by atoms with Gasteiger partial charge in [-0.3, -0.25) is 9.59 Å². The van der Waals surface area contributed by atoms with Gasteiger partial charge in [0.25, 0.3) is 11.1 Å². The SMILES string of the molecule is O=c1[nH]c(-n2ncc(Br)cc2=O)ccc1F. The molecule has 1 N–H and O–H groups in total. The van der Waals surface area contributed by atoms with Gasteiger partial charge in [0.05, 0.1) is 6.20 Å². The third kappa shape index (κ3) is 1.94. The Labute approximate surface area is 96.7 Å². The van der Waals surface area contributed by atoms with Crippen LogP contribution in [0, 0.1) is 5.82 Å². The van der Waals surface area contributed by atoms with Gasteiger partial charge in [0.2, 0.25) is 0 Å². The molecule has 0 fully saturated rings. The van der Waals surface area contributed by atoms with E-state index in [2.05, 4.69) is 26.0 Å². The van der Waals surface area contributed by atoms with Crippen LogP contribution in [0.5, 0.6) is 0 Å². The van der Waals surface area contributed by atoms with Crippen molar-refractivity contribution in [2.75, 3.05) is 0 Å². The Kier molecular flexibility index (Phi) is 2.69. The number of hydrogen-bond acceptors (Lipinski definition) is 3. The summed E-state index contributed by atoms with van der Waals surface area (Å²) >= 11 is 3.09. The van der Waals surface area contributed by atoms with Crippen molar-refractivity contribution in [1.82, 2.24) is 14.8 Å². The molecule has 0 saturated carbocycles. The zero-order valence-corrected chi connectivity index (χ0v) is 9.36. The predicted molar refractivity (Wildman–Crippen MR) is 58.1 cm³/mol. The van der Waals surface area contributed by atoms with Gasteiger partial charge in [-0.15, -0.1) is 0 Å². The normalized spacial score (nSPS) is 10.4. The Morgan fingerprint density at radius 3 is 2.75 bits per heavy atom. The molecular weight excluding hydrogens is 281 g/mol. The van der Waals surface area contributed by atoms with Crippen molar-refractivity contribution in [1.29, 1.82) is 0 Å². The molecule has 2 rings (SSSR count). The number of aromatic amines is 1. The van der Waals surface area contributed by atoms with Crippen LogP contribution >= 0.6 is 15.9 Å². The minimum Gasteiger partial charge on any atom is -0.304 e. The Hall–Kier alpha value is -1.76. The summed E-state index contributed by atoms with van der Waals surface area (Å²) in [6, 6.07) is 3.53. The number of nitrogens with one attached hydrogen (secondary N) is 1. The fraction of sp³-hybridized carbons (Fsp3) is 0. The van der Waals surface area contributed by atoms with E-state index in [9.17, 15) is 14.0 Å². The summed E-state index contributed by atoms with van der Waals surface area (Å²) < 4.78 is 14.2. The lowest BCUT2D eigenvalue weighted by molar-refractivity contribution is 0.604. The fourth-order valence-corrected chi connectivity index (χ4v) is 1.42. The molecule has 0 spiro atoms. The molecule has 0 amide bonds.